The molecule has 0 spiro atoms. The third kappa shape index (κ3) is 4.43. The van der Waals surface area contributed by atoms with Crippen molar-refractivity contribution in [3.05, 3.63) is 54.6 Å². The number of fused-ring (bicyclic) bond motifs is 1. The van der Waals surface area contributed by atoms with Crippen LogP contribution in [-0.2, 0) is 4.79 Å². The minimum Gasteiger partial charge on any atom is -0.497 e. The Kier molecular flexibility index (Phi) is 6.38. The normalized spacial score (nSPS) is 16.1. The maximum atomic E-state index is 12.6. The van der Waals surface area contributed by atoms with Gasteiger partial charge >= 0.3 is 0 Å². The number of H-pyrrole nitrogens is 1. The molecule has 4 rings (SSSR count). The third-order valence-corrected chi connectivity index (χ3v) is 5.54. The van der Waals surface area contributed by atoms with Gasteiger partial charge in [0.15, 0.2) is 5.78 Å². The Hall–Kier alpha value is -3.83. The smallest absolute Gasteiger partial charge is 0.177 e. The minimum atomic E-state index is -0.384. The van der Waals surface area contributed by atoms with Crippen LogP contribution in [0.1, 0.15) is 17.7 Å². The monoisotopic (exact) mass is 431 g/mol. The highest BCUT2D eigenvalue weighted by Gasteiger charge is 2.30. The number of hydrogen-bond acceptors (Lipinski definition) is 7. The summed E-state index contributed by atoms with van der Waals surface area (Å²) >= 11 is 0. The van der Waals surface area contributed by atoms with E-state index in [-0.39, 0.29) is 17.7 Å². The van der Waals surface area contributed by atoms with Crippen LogP contribution in [-0.4, -0.2) is 54.1 Å². The minimum absolute atomic E-state index is 0.0407. The van der Waals surface area contributed by atoms with Gasteiger partial charge in [0.25, 0.3) is 0 Å². The number of aromatic amines is 1. The molecule has 8 nitrogen and oxygen atoms in total. The fourth-order valence-electron chi connectivity index (χ4n) is 3.86. The SMILES string of the molecule is C=CC(=O)C(Nc1c[nH]c2ncnc(C#Cc3cc(OC)cc(OC)c3)c12)C1CCNC1. The van der Waals surface area contributed by atoms with Crippen molar-refractivity contribution in [2.24, 2.45) is 5.92 Å². The van der Waals surface area contributed by atoms with Gasteiger partial charge in [0.05, 0.1) is 31.3 Å². The lowest BCUT2D eigenvalue weighted by Crippen LogP contribution is -2.37. The molecule has 0 saturated carbocycles. The number of hydrogen-bond donors (Lipinski definition) is 3. The number of carbonyl (C=O) groups is 1. The molecule has 1 aliphatic rings. The Bertz CT molecular complexity index is 1180. The summed E-state index contributed by atoms with van der Waals surface area (Å²) in [6.45, 7) is 5.34. The zero-order valence-corrected chi connectivity index (χ0v) is 18.1. The summed E-state index contributed by atoms with van der Waals surface area (Å²) in [7, 11) is 3.19. The number of anilines is 1. The van der Waals surface area contributed by atoms with E-state index in [1.165, 1.54) is 12.4 Å². The molecular formula is C24H25N5O3. The predicted molar refractivity (Wildman–Crippen MR) is 123 cm³/mol. The molecule has 3 aromatic rings. The van der Waals surface area contributed by atoms with E-state index in [1.54, 1.807) is 26.5 Å². The number of nitrogens with one attached hydrogen (secondary N) is 3. The maximum Gasteiger partial charge on any atom is 0.177 e. The van der Waals surface area contributed by atoms with Crippen LogP contribution in [0, 0.1) is 17.8 Å². The molecule has 0 bridgehead atoms. The fraction of sp³-hybridized carbons (Fsp3) is 0.292. The van der Waals surface area contributed by atoms with Crippen LogP contribution >= 0.6 is 0 Å². The summed E-state index contributed by atoms with van der Waals surface area (Å²) in [6, 6.07) is 5.06. The molecule has 1 saturated heterocycles. The van der Waals surface area contributed by atoms with E-state index in [2.05, 4.69) is 44.0 Å². The number of rotatable bonds is 7. The summed E-state index contributed by atoms with van der Waals surface area (Å²) in [5.41, 5.74) is 2.66. The van der Waals surface area contributed by atoms with Crippen molar-refractivity contribution in [3.63, 3.8) is 0 Å². The largest absolute Gasteiger partial charge is 0.497 e. The topological polar surface area (TPSA) is 101 Å². The predicted octanol–water partition coefficient (Wildman–Crippen LogP) is 2.52. The van der Waals surface area contributed by atoms with E-state index >= 15 is 0 Å². The van der Waals surface area contributed by atoms with E-state index < -0.39 is 0 Å². The molecule has 3 heterocycles. The molecule has 8 heteroatoms. The first-order chi connectivity index (χ1) is 15.6. The number of methoxy groups -OCH3 is 2. The highest BCUT2D eigenvalue weighted by Crippen LogP contribution is 2.27. The molecule has 1 aliphatic heterocycles. The van der Waals surface area contributed by atoms with Crippen LogP contribution in [0.5, 0.6) is 11.5 Å². The first kappa shape index (κ1) is 21.4. The standard InChI is InChI=1S/C24H25N5O3/c1-4-21(30)23(16-7-8-25-12-16)29-20-13-26-24-22(20)19(27-14-28-24)6-5-15-9-17(31-2)11-18(10-15)32-3/h4,9-11,13-14,16,23,25,29H,1,7-8,12H2,2-3H3,(H,26,27,28). The highest BCUT2D eigenvalue weighted by molar-refractivity contribution is 5.99. The van der Waals surface area contributed by atoms with Gasteiger partial charge in [-0.2, -0.15) is 0 Å². The number of ketones is 1. The molecule has 1 fully saturated rings. The summed E-state index contributed by atoms with van der Waals surface area (Å²) in [4.78, 5) is 24.4. The van der Waals surface area contributed by atoms with Crippen molar-refractivity contribution in [2.45, 2.75) is 12.5 Å². The Morgan fingerprint density at radius 2 is 2.03 bits per heavy atom. The lowest BCUT2D eigenvalue weighted by Gasteiger charge is -2.22. The Balaban J connectivity index is 1.71. The van der Waals surface area contributed by atoms with Crippen molar-refractivity contribution in [1.82, 2.24) is 20.3 Å². The fourth-order valence-corrected chi connectivity index (χ4v) is 3.86. The zero-order chi connectivity index (χ0) is 22.5. The van der Waals surface area contributed by atoms with E-state index in [0.717, 1.165) is 36.1 Å². The Morgan fingerprint density at radius 1 is 1.25 bits per heavy atom. The van der Waals surface area contributed by atoms with Gasteiger partial charge in [0.1, 0.15) is 29.2 Å². The summed E-state index contributed by atoms with van der Waals surface area (Å²) in [5, 5.41) is 7.44. The average molecular weight is 431 g/mol. The van der Waals surface area contributed by atoms with E-state index in [0.29, 0.717) is 22.8 Å². The van der Waals surface area contributed by atoms with Gasteiger partial charge in [-0.3, -0.25) is 4.79 Å². The van der Waals surface area contributed by atoms with Gasteiger partial charge < -0.3 is 25.1 Å². The van der Waals surface area contributed by atoms with E-state index in [4.69, 9.17) is 9.47 Å². The number of ether oxygens (including phenoxy) is 2. The van der Waals surface area contributed by atoms with Crippen LogP contribution in [0.15, 0.2) is 43.4 Å². The number of nitrogens with zero attached hydrogens (tertiary/aromatic N) is 2. The first-order valence-electron chi connectivity index (χ1n) is 10.3. The Labute approximate surface area is 186 Å². The van der Waals surface area contributed by atoms with Gasteiger partial charge in [-0.1, -0.05) is 12.5 Å². The van der Waals surface area contributed by atoms with Crippen LogP contribution in [0.4, 0.5) is 5.69 Å². The van der Waals surface area contributed by atoms with Crippen LogP contribution in [0.25, 0.3) is 11.0 Å². The van der Waals surface area contributed by atoms with Gasteiger partial charge in [-0.05, 0) is 37.1 Å². The molecule has 2 aromatic heterocycles. The number of carbonyl (C=O) groups excluding carboxylic acids is 1. The van der Waals surface area contributed by atoms with Gasteiger partial charge in [-0.25, -0.2) is 9.97 Å². The molecule has 0 aliphatic carbocycles. The zero-order valence-electron chi connectivity index (χ0n) is 18.1. The molecule has 2 unspecified atom stereocenters. The number of aromatic nitrogens is 3. The van der Waals surface area contributed by atoms with Crippen molar-refractivity contribution in [3.8, 4) is 23.3 Å². The molecule has 32 heavy (non-hydrogen) atoms. The molecule has 0 amide bonds. The lowest BCUT2D eigenvalue weighted by atomic mass is 9.94. The van der Waals surface area contributed by atoms with Gasteiger partial charge in [0.2, 0.25) is 0 Å². The van der Waals surface area contributed by atoms with Crippen molar-refractivity contribution in [2.75, 3.05) is 32.6 Å². The van der Waals surface area contributed by atoms with Crippen molar-refractivity contribution in [1.29, 1.82) is 0 Å². The lowest BCUT2D eigenvalue weighted by molar-refractivity contribution is -0.116. The first-order valence-corrected chi connectivity index (χ1v) is 10.3. The van der Waals surface area contributed by atoms with Crippen LogP contribution in [0.3, 0.4) is 0 Å². The second-order valence-corrected chi connectivity index (χ2v) is 7.48. The summed E-state index contributed by atoms with van der Waals surface area (Å²) in [5.74, 6) is 7.70. The number of benzene rings is 1. The quantitative estimate of drug-likeness (QED) is 0.390. The van der Waals surface area contributed by atoms with Gasteiger partial charge in [0, 0.05) is 30.3 Å². The molecular weight excluding hydrogens is 406 g/mol. The second kappa shape index (κ2) is 9.54. The molecule has 1 aromatic carbocycles. The van der Waals surface area contributed by atoms with E-state index in [9.17, 15) is 4.79 Å². The van der Waals surface area contributed by atoms with Crippen LogP contribution in [0.2, 0.25) is 0 Å². The molecule has 164 valence electrons. The molecule has 2 atom stereocenters. The van der Waals surface area contributed by atoms with Gasteiger partial charge in [-0.15, -0.1) is 0 Å². The van der Waals surface area contributed by atoms with Crippen molar-refractivity contribution >= 4 is 22.5 Å². The van der Waals surface area contributed by atoms with E-state index in [1.807, 2.05) is 12.1 Å². The average Bonchev–Trinajstić information content (AvgIpc) is 3.51. The molecule has 0 radical (unpaired) electrons. The maximum absolute atomic E-state index is 12.6. The van der Waals surface area contributed by atoms with Crippen LogP contribution < -0.4 is 20.1 Å². The summed E-state index contributed by atoms with van der Waals surface area (Å²) in [6.07, 6.45) is 5.55. The Morgan fingerprint density at radius 3 is 2.69 bits per heavy atom. The highest BCUT2D eigenvalue weighted by atomic mass is 16.5. The second-order valence-electron chi connectivity index (χ2n) is 7.48. The van der Waals surface area contributed by atoms with Crippen molar-refractivity contribution < 1.29 is 14.3 Å². The third-order valence-electron chi connectivity index (χ3n) is 5.54. The summed E-state index contributed by atoms with van der Waals surface area (Å²) < 4.78 is 10.6. The molecule has 3 N–H and O–H groups in total.